The fourth-order valence-corrected chi connectivity index (χ4v) is 1.52. The smallest absolute Gasteiger partial charge is 0.391 e. The summed E-state index contributed by atoms with van der Waals surface area (Å²) in [5.41, 5.74) is -0.343. The van der Waals surface area contributed by atoms with E-state index in [2.05, 4.69) is 15.5 Å². The molecule has 0 aliphatic rings. The minimum Gasteiger partial charge on any atom is -0.391 e. The van der Waals surface area contributed by atoms with Crippen LogP contribution in [0.25, 0.3) is 0 Å². The third-order valence-corrected chi connectivity index (χ3v) is 3.04. The molecular formula is C9H14F3N3OS. The van der Waals surface area contributed by atoms with Crippen molar-refractivity contribution in [2.75, 3.05) is 11.9 Å². The van der Waals surface area contributed by atoms with Gasteiger partial charge < -0.3 is 10.4 Å². The van der Waals surface area contributed by atoms with E-state index >= 15 is 0 Å². The Bertz CT molecular complexity index is 372. The highest BCUT2D eigenvalue weighted by atomic mass is 32.1. The summed E-state index contributed by atoms with van der Waals surface area (Å²) in [6.45, 7) is 5.64. The number of rotatable bonds is 3. The predicted octanol–water partition coefficient (Wildman–Crippen LogP) is 2.38. The maximum absolute atomic E-state index is 12.2. The Hall–Kier alpha value is -0.890. The first kappa shape index (κ1) is 14.2. The molecular weight excluding hydrogens is 255 g/mol. The second-order valence-corrected chi connectivity index (χ2v) is 5.65. The summed E-state index contributed by atoms with van der Waals surface area (Å²) < 4.78 is 36.7. The lowest BCUT2D eigenvalue weighted by Gasteiger charge is -2.25. The van der Waals surface area contributed by atoms with E-state index in [1.165, 1.54) is 0 Å². The molecule has 4 nitrogen and oxygen atoms in total. The molecule has 0 unspecified atom stereocenters. The van der Waals surface area contributed by atoms with E-state index in [1.807, 2.05) is 20.8 Å². The average Bonchev–Trinajstić information content (AvgIpc) is 2.59. The van der Waals surface area contributed by atoms with Crippen molar-refractivity contribution in [1.82, 2.24) is 10.2 Å². The number of hydrogen-bond acceptors (Lipinski definition) is 5. The molecule has 1 rings (SSSR count). The molecule has 1 aromatic rings. The quantitative estimate of drug-likeness (QED) is 0.884. The van der Waals surface area contributed by atoms with E-state index in [0.29, 0.717) is 11.3 Å². The van der Waals surface area contributed by atoms with Crippen LogP contribution in [0.4, 0.5) is 18.3 Å². The summed E-state index contributed by atoms with van der Waals surface area (Å²) in [5.74, 6) is 0. The number of nitrogens with zero attached hydrogens (tertiary/aromatic N) is 2. The minimum atomic E-state index is -4.47. The average molecular weight is 269 g/mol. The van der Waals surface area contributed by atoms with Gasteiger partial charge >= 0.3 is 6.18 Å². The predicted molar refractivity (Wildman–Crippen MR) is 58.9 cm³/mol. The number of halogens is 3. The molecule has 0 aliphatic carbocycles. The van der Waals surface area contributed by atoms with Crippen molar-refractivity contribution in [2.24, 2.45) is 5.41 Å². The summed E-state index contributed by atoms with van der Waals surface area (Å²) in [6, 6.07) is 0. The van der Waals surface area contributed by atoms with Gasteiger partial charge in [-0.05, 0) is 5.41 Å². The number of nitrogens with one attached hydrogen (secondary N) is 1. The van der Waals surface area contributed by atoms with E-state index in [1.54, 1.807) is 0 Å². The molecule has 0 aliphatic heterocycles. The molecule has 0 fully saturated rings. The zero-order chi connectivity index (χ0) is 13.3. The fourth-order valence-electron chi connectivity index (χ4n) is 0.899. The third-order valence-electron chi connectivity index (χ3n) is 2.11. The zero-order valence-corrected chi connectivity index (χ0v) is 10.5. The van der Waals surface area contributed by atoms with Crippen molar-refractivity contribution in [3.63, 3.8) is 0 Å². The number of anilines is 1. The monoisotopic (exact) mass is 269 g/mol. The van der Waals surface area contributed by atoms with E-state index in [9.17, 15) is 18.3 Å². The highest BCUT2D eigenvalue weighted by molar-refractivity contribution is 7.15. The van der Waals surface area contributed by atoms with Crippen LogP contribution in [0.2, 0.25) is 0 Å². The maximum Gasteiger partial charge on any atom is 0.445 e. The van der Waals surface area contributed by atoms with Gasteiger partial charge in [0, 0.05) is 6.54 Å². The topological polar surface area (TPSA) is 58.0 Å². The van der Waals surface area contributed by atoms with Crippen LogP contribution < -0.4 is 5.32 Å². The van der Waals surface area contributed by atoms with Gasteiger partial charge in [-0.15, -0.1) is 10.2 Å². The van der Waals surface area contributed by atoms with E-state index in [-0.39, 0.29) is 17.1 Å². The van der Waals surface area contributed by atoms with Crippen molar-refractivity contribution in [1.29, 1.82) is 0 Å². The number of hydrogen-bond donors (Lipinski definition) is 2. The van der Waals surface area contributed by atoms with Gasteiger partial charge in [0.2, 0.25) is 10.1 Å². The van der Waals surface area contributed by atoms with Crippen molar-refractivity contribution < 1.29 is 18.3 Å². The van der Waals surface area contributed by atoms with Crippen molar-refractivity contribution in [2.45, 2.75) is 33.1 Å². The lowest BCUT2D eigenvalue weighted by molar-refractivity contribution is -0.138. The standard InChI is InChI=1S/C9H14F3N3OS/c1-8(2,3)5(16)4-13-7-15-14-6(17-7)9(10,11)12/h5,16H,4H2,1-3H3,(H,13,15)/t5-/m1/s1. The summed E-state index contributed by atoms with van der Waals surface area (Å²) in [4.78, 5) is 0. The van der Waals surface area contributed by atoms with Crippen LogP contribution in [0.3, 0.4) is 0 Å². The molecule has 0 aromatic carbocycles. The van der Waals surface area contributed by atoms with Gasteiger partial charge in [0.05, 0.1) is 6.10 Å². The number of aromatic nitrogens is 2. The third kappa shape index (κ3) is 4.12. The molecule has 0 saturated carbocycles. The molecule has 0 radical (unpaired) electrons. The Labute approximate surface area is 101 Å². The van der Waals surface area contributed by atoms with Gasteiger partial charge in [0.1, 0.15) is 0 Å². The van der Waals surface area contributed by atoms with Crippen LogP contribution in [0, 0.1) is 5.41 Å². The highest BCUT2D eigenvalue weighted by Gasteiger charge is 2.35. The summed E-state index contributed by atoms with van der Waals surface area (Å²) >= 11 is 0.423. The largest absolute Gasteiger partial charge is 0.445 e. The summed E-state index contributed by atoms with van der Waals surface area (Å²) in [6.07, 6.45) is -5.15. The lowest BCUT2D eigenvalue weighted by Crippen LogP contribution is -2.32. The van der Waals surface area contributed by atoms with Crippen LogP contribution in [0.5, 0.6) is 0 Å². The van der Waals surface area contributed by atoms with Crippen LogP contribution in [-0.2, 0) is 6.18 Å². The molecule has 1 aromatic heterocycles. The maximum atomic E-state index is 12.2. The van der Waals surface area contributed by atoms with Gasteiger partial charge in [-0.25, -0.2) is 0 Å². The Morgan fingerprint density at radius 2 is 1.88 bits per heavy atom. The Morgan fingerprint density at radius 3 is 2.29 bits per heavy atom. The molecule has 0 saturated heterocycles. The Morgan fingerprint density at radius 1 is 1.29 bits per heavy atom. The SMILES string of the molecule is CC(C)(C)[C@H](O)CNc1nnc(C(F)(F)F)s1. The first-order chi connectivity index (χ1) is 7.60. The minimum absolute atomic E-state index is 0.0561. The van der Waals surface area contributed by atoms with Crippen LogP contribution in [0.1, 0.15) is 25.8 Å². The highest BCUT2D eigenvalue weighted by Crippen LogP contribution is 2.33. The first-order valence-corrected chi connectivity index (χ1v) is 5.75. The molecule has 2 N–H and O–H groups in total. The molecule has 98 valence electrons. The van der Waals surface area contributed by atoms with Crippen molar-refractivity contribution >= 4 is 16.5 Å². The van der Waals surface area contributed by atoms with Gasteiger partial charge in [0.25, 0.3) is 0 Å². The van der Waals surface area contributed by atoms with E-state index < -0.39 is 17.3 Å². The number of alkyl halides is 3. The summed E-state index contributed by atoms with van der Waals surface area (Å²) in [5, 5.41) is 17.8. The first-order valence-electron chi connectivity index (χ1n) is 4.93. The molecule has 0 spiro atoms. The second kappa shape index (κ2) is 4.77. The normalized spacial score (nSPS) is 14.8. The lowest BCUT2D eigenvalue weighted by atomic mass is 9.89. The van der Waals surface area contributed by atoms with Crippen LogP contribution in [-0.4, -0.2) is 28.0 Å². The van der Waals surface area contributed by atoms with E-state index in [4.69, 9.17) is 0 Å². The molecule has 1 atom stereocenters. The summed E-state index contributed by atoms with van der Waals surface area (Å²) in [7, 11) is 0. The molecule has 0 bridgehead atoms. The number of aliphatic hydroxyl groups is 1. The molecule has 0 amide bonds. The molecule has 1 heterocycles. The van der Waals surface area contributed by atoms with E-state index in [0.717, 1.165) is 0 Å². The van der Waals surface area contributed by atoms with Crippen LogP contribution >= 0.6 is 11.3 Å². The Kier molecular flexibility index (Phi) is 3.98. The molecule has 8 heteroatoms. The van der Waals surface area contributed by atoms with Gasteiger partial charge in [-0.1, -0.05) is 32.1 Å². The number of aliphatic hydroxyl groups excluding tert-OH is 1. The fraction of sp³-hybridized carbons (Fsp3) is 0.778. The molecule has 17 heavy (non-hydrogen) atoms. The second-order valence-electron chi connectivity index (χ2n) is 4.67. The van der Waals surface area contributed by atoms with Gasteiger partial charge in [-0.2, -0.15) is 13.2 Å². The van der Waals surface area contributed by atoms with Gasteiger partial charge in [-0.3, -0.25) is 0 Å². The zero-order valence-electron chi connectivity index (χ0n) is 9.67. The van der Waals surface area contributed by atoms with Gasteiger partial charge in [0.15, 0.2) is 0 Å². The van der Waals surface area contributed by atoms with Crippen molar-refractivity contribution in [3.05, 3.63) is 5.01 Å². The Balaban J connectivity index is 2.57. The van der Waals surface area contributed by atoms with Crippen molar-refractivity contribution in [3.8, 4) is 0 Å². The van der Waals surface area contributed by atoms with Crippen LogP contribution in [0.15, 0.2) is 0 Å².